The lowest BCUT2D eigenvalue weighted by Crippen LogP contribution is -2.41. The highest BCUT2D eigenvalue weighted by Crippen LogP contribution is 2.23. The highest BCUT2D eigenvalue weighted by Gasteiger charge is 2.24. The minimum atomic E-state index is -1.28. The van der Waals surface area contributed by atoms with Gasteiger partial charge in [-0.1, -0.05) is 11.6 Å². The van der Waals surface area contributed by atoms with Crippen molar-refractivity contribution < 1.29 is 29.1 Å². The number of halogens is 1. The Morgan fingerprint density at radius 1 is 1.22 bits per heavy atom. The Kier molecular flexibility index (Phi) is 7.47. The first-order chi connectivity index (χ1) is 15.3. The van der Waals surface area contributed by atoms with E-state index in [1.165, 1.54) is 30.3 Å². The second-order valence-corrected chi connectivity index (χ2v) is 7.43. The van der Waals surface area contributed by atoms with Gasteiger partial charge in [0.1, 0.15) is 24.2 Å². The van der Waals surface area contributed by atoms with Crippen LogP contribution >= 0.6 is 11.6 Å². The molecule has 0 aliphatic rings. The summed E-state index contributed by atoms with van der Waals surface area (Å²) in [5.74, 6) is 0.337. The van der Waals surface area contributed by atoms with Crippen LogP contribution in [0.5, 0.6) is 5.75 Å². The smallest absolute Gasteiger partial charge is 0.287 e. The van der Waals surface area contributed by atoms with Crippen LogP contribution in [0.15, 0.2) is 59.0 Å². The number of aliphatic hydroxyl groups excluding tert-OH is 2. The molecule has 2 aromatic carbocycles. The molecule has 2 unspecified atom stereocenters. The molecule has 3 rings (SSSR count). The minimum absolute atomic E-state index is 0.0229. The molecule has 2 atom stereocenters. The molecule has 3 aromatic rings. The van der Waals surface area contributed by atoms with Gasteiger partial charge >= 0.3 is 0 Å². The number of aliphatic hydroxyl groups is 2. The van der Waals surface area contributed by atoms with Crippen LogP contribution in [-0.2, 0) is 6.61 Å². The molecular formula is C22H21ClN2O7. The molecule has 9 nitrogen and oxygen atoms in total. The first-order valence-corrected chi connectivity index (χ1v) is 9.98. The lowest BCUT2D eigenvalue weighted by atomic mass is 10.0. The van der Waals surface area contributed by atoms with Gasteiger partial charge < -0.3 is 24.7 Å². The Balaban J connectivity index is 1.60. The number of non-ortho nitro benzene ring substituents is 1. The molecule has 0 fully saturated rings. The van der Waals surface area contributed by atoms with E-state index in [1.54, 1.807) is 24.3 Å². The number of amides is 1. The van der Waals surface area contributed by atoms with Crippen molar-refractivity contribution >= 4 is 23.2 Å². The molecule has 3 N–H and O–H groups in total. The largest absolute Gasteiger partial charge is 0.486 e. The molecule has 1 aromatic heterocycles. The fraction of sp³-hybridized carbons (Fsp3) is 0.227. The summed E-state index contributed by atoms with van der Waals surface area (Å²) >= 11 is 5.99. The molecule has 32 heavy (non-hydrogen) atoms. The first-order valence-electron chi connectivity index (χ1n) is 9.60. The molecule has 0 radical (unpaired) electrons. The maximum absolute atomic E-state index is 12.5. The van der Waals surface area contributed by atoms with Crippen LogP contribution in [-0.4, -0.2) is 33.7 Å². The predicted octanol–water partition coefficient (Wildman–Crippen LogP) is 3.55. The van der Waals surface area contributed by atoms with Crippen LogP contribution in [0, 0.1) is 17.0 Å². The van der Waals surface area contributed by atoms with Gasteiger partial charge in [-0.25, -0.2) is 0 Å². The van der Waals surface area contributed by atoms with Gasteiger partial charge in [-0.05, 0) is 60.5 Å². The zero-order chi connectivity index (χ0) is 23.3. The third-order valence-corrected chi connectivity index (χ3v) is 5.16. The zero-order valence-electron chi connectivity index (χ0n) is 17.0. The molecule has 10 heteroatoms. The van der Waals surface area contributed by atoms with Gasteiger partial charge in [-0.3, -0.25) is 14.9 Å². The maximum atomic E-state index is 12.5. The third kappa shape index (κ3) is 5.64. The normalized spacial score (nSPS) is 12.8. The summed E-state index contributed by atoms with van der Waals surface area (Å²) in [6.07, 6.45) is -1.28. The number of carbonyl (C=O) groups excluding carboxylic acids is 1. The standard InChI is InChI=1S/C22H21ClN2O7/c1-13-10-16(6-8-18(13)23)31-12-17-7-9-20(32-17)22(28)24-19(11-26)21(27)14-2-4-15(5-3-14)25(29)30/h2-10,19,21,26-27H,11-12H2,1H3,(H,24,28). The summed E-state index contributed by atoms with van der Waals surface area (Å²) in [6, 6.07) is 12.4. The topological polar surface area (TPSA) is 135 Å². The van der Waals surface area contributed by atoms with E-state index in [4.69, 9.17) is 20.8 Å². The van der Waals surface area contributed by atoms with E-state index in [0.29, 0.717) is 22.1 Å². The first kappa shape index (κ1) is 23.3. The number of hydrogen-bond donors (Lipinski definition) is 3. The van der Waals surface area contributed by atoms with Crippen molar-refractivity contribution in [1.82, 2.24) is 5.32 Å². The van der Waals surface area contributed by atoms with Crippen LogP contribution < -0.4 is 10.1 Å². The second kappa shape index (κ2) is 10.3. The van der Waals surface area contributed by atoms with E-state index >= 15 is 0 Å². The number of nitrogens with one attached hydrogen (secondary N) is 1. The van der Waals surface area contributed by atoms with Crippen LogP contribution in [0.2, 0.25) is 5.02 Å². The van der Waals surface area contributed by atoms with Crippen molar-refractivity contribution in [2.24, 2.45) is 0 Å². The number of carbonyl (C=O) groups is 1. The third-order valence-electron chi connectivity index (χ3n) is 4.74. The van der Waals surface area contributed by atoms with Gasteiger partial charge in [0.05, 0.1) is 17.6 Å². The Hall–Kier alpha value is -3.40. The monoisotopic (exact) mass is 460 g/mol. The molecule has 168 valence electrons. The van der Waals surface area contributed by atoms with Gasteiger partial charge in [0.2, 0.25) is 0 Å². The van der Waals surface area contributed by atoms with Crippen molar-refractivity contribution in [3.8, 4) is 5.75 Å². The van der Waals surface area contributed by atoms with Crippen LogP contribution in [0.3, 0.4) is 0 Å². The number of benzene rings is 2. The van der Waals surface area contributed by atoms with Gasteiger partial charge in [-0.2, -0.15) is 0 Å². The summed E-state index contributed by atoms with van der Waals surface area (Å²) in [5, 5.41) is 33.9. The van der Waals surface area contributed by atoms with Crippen molar-refractivity contribution in [2.45, 2.75) is 25.7 Å². The van der Waals surface area contributed by atoms with Crippen molar-refractivity contribution in [3.05, 3.63) is 92.4 Å². The summed E-state index contributed by atoms with van der Waals surface area (Å²) in [5.41, 5.74) is 1.04. The highest BCUT2D eigenvalue weighted by molar-refractivity contribution is 6.31. The lowest BCUT2D eigenvalue weighted by Gasteiger charge is -2.22. The van der Waals surface area contributed by atoms with Crippen LogP contribution in [0.4, 0.5) is 5.69 Å². The molecule has 1 heterocycles. The molecule has 0 aliphatic carbocycles. The van der Waals surface area contributed by atoms with Crippen LogP contribution in [0.25, 0.3) is 0 Å². The van der Waals surface area contributed by atoms with Crippen LogP contribution in [0.1, 0.15) is 33.5 Å². The van der Waals surface area contributed by atoms with E-state index in [0.717, 1.165) is 5.56 Å². The van der Waals surface area contributed by atoms with Crippen molar-refractivity contribution in [3.63, 3.8) is 0 Å². The molecule has 0 saturated carbocycles. The van der Waals surface area contributed by atoms with Gasteiger partial charge in [0.25, 0.3) is 11.6 Å². The number of ether oxygens (including phenoxy) is 1. The Morgan fingerprint density at radius 2 is 1.94 bits per heavy atom. The highest BCUT2D eigenvalue weighted by atomic mass is 35.5. The summed E-state index contributed by atoms with van der Waals surface area (Å²) in [6.45, 7) is 1.38. The molecule has 1 amide bonds. The number of furan rings is 1. The fourth-order valence-corrected chi connectivity index (χ4v) is 3.05. The second-order valence-electron chi connectivity index (χ2n) is 7.02. The number of nitro benzene ring substituents is 1. The van der Waals surface area contributed by atoms with E-state index in [2.05, 4.69) is 5.32 Å². The summed E-state index contributed by atoms with van der Waals surface area (Å²) in [7, 11) is 0. The van der Waals surface area contributed by atoms with E-state index in [-0.39, 0.29) is 18.1 Å². The number of aryl methyl sites for hydroxylation is 1. The number of hydrogen-bond acceptors (Lipinski definition) is 7. The maximum Gasteiger partial charge on any atom is 0.287 e. The number of rotatable bonds is 9. The van der Waals surface area contributed by atoms with Gasteiger partial charge in [-0.15, -0.1) is 0 Å². The minimum Gasteiger partial charge on any atom is -0.486 e. The Bertz CT molecular complexity index is 1100. The molecular weight excluding hydrogens is 440 g/mol. The van der Waals surface area contributed by atoms with E-state index in [9.17, 15) is 25.1 Å². The molecule has 0 bridgehead atoms. The van der Waals surface area contributed by atoms with Crippen molar-refractivity contribution in [1.29, 1.82) is 0 Å². The van der Waals surface area contributed by atoms with E-state index < -0.39 is 29.6 Å². The quantitative estimate of drug-likeness (QED) is 0.328. The molecule has 0 aliphatic heterocycles. The van der Waals surface area contributed by atoms with Gasteiger partial charge in [0, 0.05) is 17.2 Å². The summed E-state index contributed by atoms with van der Waals surface area (Å²) < 4.78 is 11.1. The predicted molar refractivity (Wildman–Crippen MR) is 116 cm³/mol. The average molecular weight is 461 g/mol. The lowest BCUT2D eigenvalue weighted by molar-refractivity contribution is -0.384. The molecule has 0 saturated heterocycles. The van der Waals surface area contributed by atoms with Gasteiger partial charge in [0.15, 0.2) is 5.76 Å². The number of nitrogens with zero attached hydrogens (tertiary/aromatic N) is 1. The Labute approximate surface area is 188 Å². The fourth-order valence-electron chi connectivity index (χ4n) is 2.93. The zero-order valence-corrected chi connectivity index (χ0v) is 17.8. The number of nitro groups is 1. The molecule has 0 spiro atoms. The average Bonchev–Trinajstić information content (AvgIpc) is 3.27. The van der Waals surface area contributed by atoms with Crippen molar-refractivity contribution in [2.75, 3.05) is 6.61 Å². The SMILES string of the molecule is Cc1cc(OCc2ccc(C(=O)NC(CO)C(O)c3ccc([N+](=O)[O-])cc3)o2)ccc1Cl. The summed E-state index contributed by atoms with van der Waals surface area (Å²) in [4.78, 5) is 22.7. The van der Waals surface area contributed by atoms with E-state index in [1.807, 2.05) is 6.92 Å². The Morgan fingerprint density at radius 3 is 2.56 bits per heavy atom.